The number of nitrogens with zero attached hydrogens (tertiary/aromatic N) is 20. The topological polar surface area (TPSA) is 343 Å². The summed E-state index contributed by atoms with van der Waals surface area (Å²) < 4.78 is 15.1. The number of methoxy groups -OCH3 is 1. The predicted molar refractivity (Wildman–Crippen MR) is 561 cm³/mol. The lowest BCUT2D eigenvalue weighted by molar-refractivity contribution is 0.309. The monoisotopic (exact) mass is 1920 g/mol. The van der Waals surface area contributed by atoms with E-state index in [9.17, 15) is 24.0 Å². The summed E-state index contributed by atoms with van der Waals surface area (Å²) >= 11 is 0. The normalized spacial score (nSPS) is 18.6. The third kappa shape index (κ3) is 21.3. The van der Waals surface area contributed by atoms with Gasteiger partial charge in [0.1, 0.15) is 61.8 Å². The standard InChI is InChI=1S/C25H25N5O2.C24H23N5O.C23H27N5O.C22H25N5O.C18H25N5O/c1-17(18-8-4-3-5-9-18)29-13-12-20(16-29)30-24-21(15-26-30)25(31)28-23(27-24)14-19-10-6-7-11-22(19)32-2;1-17(19-10-6-3-7-11-19)28-13-12-20(16-28)29-23-21(15-25-29)24(30)27-22(26-23)14-18-8-4-2-5-9-18;1-16(18-9-3-2-4-10-18)27-12-11-19(15-27)28-22-20(14-24-28)23(29)26-21(25-22)13-17-7-5-6-8-17;1-15(17-8-3-2-4-9-17)26-11-10-18(14-26)27-21-19(13-23-27)22(28)25-20(24-21)12-16-6-5-7-16;1-12(2)22-8-7-14(11-22)23-17-15(10-19-23)18(24)21-16(20-17)9-13-5-3-4-6-13/h3-11,15,20H,1,12-14,16H2,2H3,(H,27,28,31);2-11,15,20H,1,12-14,16H2,(H,26,27,30);2-4,9-10,14,17,19H,1,5-8,11-13,15H2,(H,25,26,29);2-4,8-9,13,16,18H,1,5-7,10-12,14H2,(H,24,25,28);10,13-14H,1,3-9,11H2,2H3,(H,20,21,24). The lowest BCUT2D eigenvalue weighted by Crippen LogP contribution is -2.22. The smallest absolute Gasteiger partial charge is 0.262 e. The fourth-order valence-electron chi connectivity index (χ4n) is 21.8. The number of hydrogen-bond acceptors (Lipinski definition) is 21. The summed E-state index contributed by atoms with van der Waals surface area (Å²) in [4.78, 5) is 113. The molecule has 3 saturated carbocycles. The summed E-state index contributed by atoms with van der Waals surface area (Å²) in [7, 11) is 1.64. The van der Waals surface area contributed by atoms with Crippen molar-refractivity contribution in [2.24, 2.45) is 17.8 Å². The molecule has 5 unspecified atom stereocenters. The second kappa shape index (κ2) is 42.9. The number of allylic oxidation sites excluding steroid dienone is 1. The van der Waals surface area contributed by atoms with Crippen molar-refractivity contribution < 1.29 is 4.74 Å². The minimum atomic E-state index is -0.172. The molecule has 6 aromatic carbocycles. The van der Waals surface area contributed by atoms with E-state index < -0.39 is 0 Å². The molecular weight excluding hydrogens is 1790 g/mol. The highest BCUT2D eigenvalue weighted by Crippen LogP contribution is 2.38. The number of nitrogens with one attached hydrogen (secondary N) is 5. The third-order valence-corrected chi connectivity index (χ3v) is 30.0. The van der Waals surface area contributed by atoms with Crippen molar-refractivity contribution in [2.75, 3.05) is 72.6 Å². The summed E-state index contributed by atoms with van der Waals surface area (Å²) in [5.74, 6) is 6.41. The van der Waals surface area contributed by atoms with Crippen molar-refractivity contribution in [1.82, 2.24) is 123 Å². The van der Waals surface area contributed by atoms with Gasteiger partial charge in [-0.15, -0.1) is 0 Å². The van der Waals surface area contributed by atoms with Gasteiger partial charge in [-0.25, -0.2) is 48.3 Å². The molecule has 15 heterocycles. The van der Waals surface area contributed by atoms with E-state index in [2.05, 4.69) is 156 Å². The van der Waals surface area contributed by atoms with Crippen molar-refractivity contribution in [3.8, 4) is 5.75 Å². The van der Waals surface area contributed by atoms with E-state index in [1.165, 1.54) is 70.6 Å². The number of fused-ring (bicyclic) bond motifs is 5. The van der Waals surface area contributed by atoms with E-state index in [1.54, 1.807) is 38.1 Å². The number of likely N-dealkylation sites (tertiary alicyclic amines) is 5. The lowest BCUT2D eigenvalue weighted by atomic mass is 9.83. The summed E-state index contributed by atoms with van der Waals surface area (Å²) in [6.45, 7) is 32.0. The van der Waals surface area contributed by atoms with Gasteiger partial charge in [0, 0.05) is 132 Å². The number of H-pyrrole nitrogens is 5. The van der Waals surface area contributed by atoms with Crippen LogP contribution in [0.25, 0.3) is 78.0 Å². The van der Waals surface area contributed by atoms with Gasteiger partial charge in [-0.3, -0.25) is 24.0 Å². The zero-order valence-corrected chi connectivity index (χ0v) is 81.6. The molecule has 5 atom stereocenters. The second-order valence-corrected chi connectivity index (χ2v) is 39.5. The number of rotatable bonds is 25. The highest BCUT2D eigenvalue weighted by molar-refractivity contribution is 5.77. The summed E-state index contributed by atoms with van der Waals surface area (Å²) in [6, 6.07) is 59.7. The fourth-order valence-corrected chi connectivity index (χ4v) is 21.8. The number of aromatic nitrogens is 20. The van der Waals surface area contributed by atoms with Crippen molar-refractivity contribution in [3.05, 3.63) is 360 Å². The Balaban J connectivity index is 0.000000110. The Hall–Kier alpha value is -15.4. The quantitative estimate of drug-likeness (QED) is 0.0355. The van der Waals surface area contributed by atoms with E-state index >= 15 is 0 Å². The molecule has 5 aliphatic heterocycles. The maximum atomic E-state index is 12.7. The zero-order chi connectivity index (χ0) is 98.1. The third-order valence-electron chi connectivity index (χ3n) is 30.0. The number of aromatic amines is 5. The lowest BCUT2D eigenvalue weighted by Gasteiger charge is -2.24. The van der Waals surface area contributed by atoms with E-state index in [4.69, 9.17) is 29.7 Å². The molecule has 3 aliphatic carbocycles. The van der Waals surface area contributed by atoms with E-state index in [1.807, 2.05) is 158 Å². The molecule has 24 rings (SSSR count). The van der Waals surface area contributed by atoms with Crippen molar-refractivity contribution in [1.29, 1.82) is 0 Å². The highest BCUT2D eigenvalue weighted by atomic mass is 16.5. The molecule has 734 valence electrons. The average Bonchev–Trinajstić information content (AvgIpc) is 1.65. The molecular formula is C112H125N25O6. The van der Waals surface area contributed by atoms with Crippen LogP contribution in [0.3, 0.4) is 0 Å². The Bertz CT molecular complexity index is 7590. The van der Waals surface area contributed by atoms with Crippen LogP contribution in [0, 0.1) is 17.8 Å². The highest BCUT2D eigenvalue weighted by Gasteiger charge is 2.35. The van der Waals surface area contributed by atoms with Crippen molar-refractivity contribution >= 4 is 78.0 Å². The van der Waals surface area contributed by atoms with Gasteiger partial charge >= 0.3 is 0 Å². The van der Waals surface area contributed by atoms with Crippen LogP contribution in [-0.4, -0.2) is 196 Å². The molecule has 0 spiro atoms. The molecule has 31 heteroatoms. The Kier molecular flexibility index (Phi) is 28.6. The molecule has 10 aromatic heterocycles. The molecule has 0 radical (unpaired) electrons. The fraction of sp³-hybridized carbons (Fsp3) is 0.366. The van der Waals surface area contributed by atoms with Gasteiger partial charge in [-0.05, 0) is 90.7 Å². The van der Waals surface area contributed by atoms with Gasteiger partial charge in [0.25, 0.3) is 27.8 Å². The first-order valence-corrected chi connectivity index (χ1v) is 50.7. The van der Waals surface area contributed by atoms with E-state index in [0.717, 1.165) is 219 Å². The van der Waals surface area contributed by atoms with Gasteiger partial charge in [-0.2, -0.15) is 25.5 Å². The van der Waals surface area contributed by atoms with Crippen LogP contribution in [0.5, 0.6) is 5.75 Å². The summed E-state index contributed by atoms with van der Waals surface area (Å²) in [5, 5.41) is 25.4. The molecule has 8 fully saturated rings. The second-order valence-electron chi connectivity index (χ2n) is 39.5. The predicted octanol–water partition coefficient (Wildman–Crippen LogP) is 17.0. The molecule has 5 saturated heterocycles. The Morgan fingerprint density at radius 1 is 0.308 bits per heavy atom. The summed E-state index contributed by atoms with van der Waals surface area (Å²) in [6.07, 6.45) is 30.6. The molecule has 0 amide bonds. The van der Waals surface area contributed by atoms with Gasteiger partial charge in [0.15, 0.2) is 28.2 Å². The number of ether oxygens (including phenoxy) is 1. The van der Waals surface area contributed by atoms with Gasteiger partial charge < -0.3 is 54.2 Å². The molecule has 16 aromatic rings. The number of benzene rings is 6. The molecule has 8 aliphatic rings. The van der Waals surface area contributed by atoms with Gasteiger partial charge in [0.05, 0.1) is 68.3 Å². The molecule has 5 N–H and O–H groups in total. The van der Waals surface area contributed by atoms with E-state index in [0.29, 0.717) is 80.5 Å². The van der Waals surface area contributed by atoms with Crippen LogP contribution in [-0.2, 0) is 32.1 Å². The largest absolute Gasteiger partial charge is 0.496 e. The number of para-hydroxylation sites is 1. The van der Waals surface area contributed by atoms with Crippen LogP contribution in [0.15, 0.2) is 269 Å². The maximum absolute atomic E-state index is 12.7. The van der Waals surface area contributed by atoms with Gasteiger partial charge in [0.2, 0.25) is 0 Å². The average molecular weight is 1920 g/mol. The minimum absolute atomic E-state index is 0.0611. The van der Waals surface area contributed by atoms with Crippen LogP contribution in [0.2, 0.25) is 0 Å². The maximum Gasteiger partial charge on any atom is 0.262 e. The first kappa shape index (κ1) is 95.1. The van der Waals surface area contributed by atoms with Crippen molar-refractivity contribution in [3.63, 3.8) is 0 Å². The van der Waals surface area contributed by atoms with Crippen LogP contribution >= 0.6 is 0 Å². The summed E-state index contributed by atoms with van der Waals surface area (Å²) in [5.41, 5.74) is 14.7. The van der Waals surface area contributed by atoms with Gasteiger partial charge in [-0.1, -0.05) is 273 Å². The first-order chi connectivity index (χ1) is 69.8. The molecule has 31 nitrogen and oxygen atoms in total. The van der Waals surface area contributed by atoms with Crippen LogP contribution in [0.4, 0.5) is 0 Å². The van der Waals surface area contributed by atoms with E-state index in [-0.39, 0.29) is 58.0 Å². The van der Waals surface area contributed by atoms with Crippen molar-refractivity contribution in [2.45, 2.75) is 172 Å². The zero-order valence-electron chi connectivity index (χ0n) is 81.6. The molecule has 143 heavy (non-hydrogen) atoms. The van der Waals surface area contributed by atoms with Crippen LogP contribution in [0.1, 0.15) is 202 Å². The Labute approximate surface area is 829 Å². The minimum Gasteiger partial charge on any atom is -0.496 e. The molecule has 0 bridgehead atoms. The Morgan fingerprint density at radius 3 is 0.839 bits per heavy atom. The SMILES string of the molecule is C=C(C)N1CCC(n2ncc3c(=O)[nH]c(CC4CCCC4)nc32)C1.C=C(c1ccccc1)N1CCC(n2ncc3c(=O)[nH]c(CC4CCC4)nc32)C1.C=C(c1ccccc1)N1CCC(n2ncc3c(=O)[nH]c(CC4CCCC4)nc32)C1.C=C(c1ccccc1)N1CCC(n2ncc3c(=O)[nH]c(Cc4ccccc4)nc32)C1.C=C(c1ccccc1)N1CCC(n2ncc3c(=O)[nH]c(Cc4ccccc4OC)nc32)C1. The number of hydrogen-bond donors (Lipinski definition) is 5. The first-order valence-electron chi connectivity index (χ1n) is 50.7. The van der Waals surface area contributed by atoms with Crippen LogP contribution < -0.4 is 32.5 Å². The Morgan fingerprint density at radius 2 is 0.559 bits per heavy atom.